The predicted octanol–water partition coefficient (Wildman–Crippen LogP) is 4.30. The van der Waals surface area contributed by atoms with Gasteiger partial charge in [0.1, 0.15) is 11.3 Å². The summed E-state index contributed by atoms with van der Waals surface area (Å²) in [6.45, 7) is 1.44. The molecule has 0 saturated heterocycles. The van der Waals surface area contributed by atoms with Gasteiger partial charge < -0.3 is 15.4 Å². The van der Waals surface area contributed by atoms with Crippen LogP contribution in [0.5, 0.6) is 5.75 Å². The molecule has 0 aliphatic rings. The van der Waals surface area contributed by atoms with E-state index in [0.29, 0.717) is 21.5 Å². The second kappa shape index (κ2) is 6.35. The Kier molecular flexibility index (Phi) is 4.01. The van der Waals surface area contributed by atoms with Gasteiger partial charge in [0, 0.05) is 46.7 Å². The van der Waals surface area contributed by atoms with E-state index in [-0.39, 0.29) is 11.7 Å². The number of phenolic OH excluding ortho intramolecular Hbond substituents is 1. The molecule has 1 amide bonds. The molecule has 1 atom stereocenters. The average molecular weight is 366 g/mol. The Balaban J connectivity index is 1.98. The number of carbonyl (C=O) groups excluding carboxylic acids is 1. The van der Waals surface area contributed by atoms with Gasteiger partial charge in [-0.2, -0.15) is 0 Å². The molecule has 130 valence electrons. The minimum absolute atomic E-state index is 0.00836. The highest BCUT2D eigenvalue weighted by molar-refractivity contribution is 6.35. The first-order valence-electron chi connectivity index (χ1n) is 8.15. The number of phenols is 1. The fourth-order valence-electron chi connectivity index (χ4n) is 3.29. The van der Waals surface area contributed by atoms with E-state index in [1.54, 1.807) is 24.4 Å². The number of pyridine rings is 1. The van der Waals surface area contributed by atoms with Crippen LogP contribution in [-0.4, -0.2) is 21.0 Å². The molecule has 26 heavy (non-hydrogen) atoms. The van der Waals surface area contributed by atoms with Crippen molar-refractivity contribution in [3.05, 3.63) is 71.0 Å². The molecule has 6 heteroatoms. The smallest absolute Gasteiger partial charge is 0.217 e. The normalized spacial score (nSPS) is 12.4. The van der Waals surface area contributed by atoms with E-state index >= 15 is 0 Å². The fraction of sp³-hybridized carbons (Fsp3) is 0.100. The van der Waals surface area contributed by atoms with Crippen molar-refractivity contribution in [3.8, 4) is 5.75 Å². The van der Waals surface area contributed by atoms with E-state index in [0.717, 1.165) is 16.5 Å². The molecule has 0 spiro atoms. The van der Waals surface area contributed by atoms with Crippen molar-refractivity contribution < 1.29 is 9.90 Å². The first-order valence-corrected chi connectivity index (χ1v) is 8.53. The van der Waals surface area contributed by atoms with Gasteiger partial charge >= 0.3 is 0 Å². The van der Waals surface area contributed by atoms with E-state index in [2.05, 4.69) is 15.3 Å². The summed E-state index contributed by atoms with van der Waals surface area (Å²) in [7, 11) is 0. The minimum atomic E-state index is -0.562. The number of carbonyl (C=O) groups is 1. The van der Waals surface area contributed by atoms with Crippen LogP contribution < -0.4 is 5.32 Å². The summed E-state index contributed by atoms with van der Waals surface area (Å²) in [5.74, 6) is -0.203. The minimum Gasteiger partial charge on any atom is -0.505 e. The summed E-state index contributed by atoms with van der Waals surface area (Å²) in [4.78, 5) is 19.3. The van der Waals surface area contributed by atoms with Crippen molar-refractivity contribution >= 4 is 39.3 Å². The van der Waals surface area contributed by atoms with Crippen molar-refractivity contribution in [1.82, 2.24) is 15.3 Å². The Morgan fingerprint density at radius 1 is 1.19 bits per heavy atom. The van der Waals surface area contributed by atoms with Crippen LogP contribution in [0.4, 0.5) is 0 Å². The fourth-order valence-corrected chi connectivity index (χ4v) is 3.56. The summed E-state index contributed by atoms with van der Waals surface area (Å²) in [6.07, 6.45) is 3.43. The number of para-hydroxylation sites is 1. The lowest BCUT2D eigenvalue weighted by atomic mass is 9.95. The highest BCUT2D eigenvalue weighted by Gasteiger charge is 2.24. The molecule has 0 radical (unpaired) electrons. The average Bonchev–Trinajstić information content (AvgIpc) is 3.07. The maximum absolute atomic E-state index is 11.9. The molecule has 0 saturated carbocycles. The van der Waals surface area contributed by atoms with Gasteiger partial charge in [-0.25, -0.2) is 0 Å². The van der Waals surface area contributed by atoms with Crippen LogP contribution in [-0.2, 0) is 4.79 Å². The van der Waals surface area contributed by atoms with Gasteiger partial charge in [-0.05, 0) is 24.3 Å². The van der Waals surface area contributed by atoms with Gasteiger partial charge in [0.05, 0.1) is 11.1 Å². The molecule has 0 bridgehead atoms. The maximum Gasteiger partial charge on any atom is 0.217 e. The number of nitrogens with zero attached hydrogens (tertiary/aromatic N) is 1. The number of aromatic hydroxyl groups is 1. The summed E-state index contributed by atoms with van der Waals surface area (Å²) in [6, 6.07) is 12.5. The third kappa shape index (κ3) is 2.66. The highest BCUT2D eigenvalue weighted by Crippen LogP contribution is 2.39. The molecular weight excluding hydrogens is 350 g/mol. The SMILES string of the molecule is CC(=O)NC(c1cc(Cl)c2cccnc2c1O)c1c[nH]c2ccccc12. The number of amides is 1. The van der Waals surface area contributed by atoms with Gasteiger partial charge in [0.2, 0.25) is 5.91 Å². The number of benzene rings is 2. The Labute approximate surface area is 154 Å². The van der Waals surface area contributed by atoms with Crippen molar-refractivity contribution in [2.75, 3.05) is 0 Å². The third-order valence-electron chi connectivity index (χ3n) is 4.44. The van der Waals surface area contributed by atoms with Crippen LogP contribution in [0.2, 0.25) is 5.02 Å². The maximum atomic E-state index is 11.9. The van der Waals surface area contributed by atoms with Gasteiger partial charge in [-0.15, -0.1) is 0 Å². The van der Waals surface area contributed by atoms with Crippen LogP contribution in [0.25, 0.3) is 21.8 Å². The molecule has 0 aliphatic carbocycles. The molecule has 0 fully saturated rings. The molecule has 4 aromatic rings. The van der Waals surface area contributed by atoms with E-state index in [4.69, 9.17) is 11.6 Å². The second-order valence-corrected chi connectivity index (χ2v) is 6.53. The van der Waals surface area contributed by atoms with Gasteiger partial charge in [-0.1, -0.05) is 29.8 Å². The second-order valence-electron chi connectivity index (χ2n) is 6.12. The van der Waals surface area contributed by atoms with Crippen LogP contribution in [0, 0.1) is 0 Å². The number of aromatic amines is 1. The monoisotopic (exact) mass is 365 g/mol. The van der Waals surface area contributed by atoms with Crippen LogP contribution in [0.3, 0.4) is 0 Å². The third-order valence-corrected chi connectivity index (χ3v) is 4.75. The van der Waals surface area contributed by atoms with Crippen LogP contribution >= 0.6 is 11.6 Å². The topological polar surface area (TPSA) is 78.0 Å². The van der Waals surface area contributed by atoms with Crippen LogP contribution in [0.15, 0.2) is 54.9 Å². The van der Waals surface area contributed by atoms with E-state index < -0.39 is 6.04 Å². The zero-order chi connectivity index (χ0) is 18.3. The lowest BCUT2D eigenvalue weighted by Gasteiger charge is -2.20. The van der Waals surface area contributed by atoms with E-state index in [1.807, 2.05) is 30.5 Å². The van der Waals surface area contributed by atoms with Crippen molar-refractivity contribution in [1.29, 1.82) is 0 Å². The Morgan fingerprint density at radius 2 is 1.96 bits per heavy atom. The lowest BCUT2D eigenvalue weighted by Crippen LogP contribution is -2.27. The number of halogens is 1. The van der Waals surface area contributed by atoms with E-state index in [9.17, 15) is 9.90 Å². The molecule has 4 rings (SSSR count). The molecule has 5 nitrogen and oxygen atoms in total. The molecular formula is C20H16ClN3O2. The molecule has 2 aromatic heterocycles. The molecule has 1 unspecified atom stereocenters. The number of hydrogen-bond donors (Lipinski definition) is 3. The number of hydrogen-bond acceptors (Lipinski definition) is 3. The lowest BCUT2D eigenvalue weighted by molar-refractivity contribution is -0.119. The predicted molar refractivity (Wildman–Crippen MR) is 102 cm³/mol. The zero-order valence-electron chi connectivity index (χ0n) is 14.0. The first kappa shape index (κ1) is 16.4. The standard InChI is InChI=1S/C20H16ClN3O2/c1-11(25)24-18(15-10-23-17-7-3-2-5-12(15)17)14-9-16(21)13-6-4-8-22-19(13)20(14)26/h2-10,18,23,26H,1H3,(H,24,25). The number of H-pyrrole nitrogens is 1. The van der Waals surface area contributed by atoms with E-state index in [1.165, 1.54) is 6.92 Å². The van der Waals surface area contributed by atoms with Crippen molar-refractivity contribution in [2.24, 2.45) is 0 Å². The Bertz CT molecular complexity index is 1140. The van der Waals surface area contributed by atoms with Gasteiger partial charge in [-0.3, -0.25) is 9.78 Å². The summed E-state index contributed by atoms with van der Waals surface area (Å²) < 4.78 is 0. The van der Waals surface area contributed by atoms with Crippen molar-refractivity contribution in [2.45, 2.75) is 13.0 Å². The molecule has 3 N–H and O–H groups in total. The highest BCUT2D eigenvalue weighted by atomic mass is 35.5. The number of rotatable bonds is 3. The number of aromatic nitrogens is 2. The Morgan fingerprint density at radius 3 is 2.77 bits per heavy atom. The Hall–Kier alpha value is -3.05. The van der Waals surface area contributed by atoms with Crippen molar-refractivity contribution in [3.63, 3.8) is 0 Å². The summed E-state index contributed by atoms with van der Waals surface area (Å²) >= 11 is 6.42. The number of fused-ring (bicyclic) bond motifs is 2. The van der Waals surface area contributed by atoms with Gasteiger partial charge in [0.15, 0.2) is 0 Å². The molecule has 0 aliphatic heterocycles. The summed E-state index contributed by atoms with van der Waals surface area (Å²) in [5, 5.41) is 15.9. The largest absolute Gasteiger partial charge is 0.505 e. The number of nitrogens with one attached hydrogen (secondary N) is 2. The first-order chi connectivity index (χ1) is 12.6. The van der Waals surface area contributed by atoms with Crippen LogP contribution in [0.1, 0.15) is 24.1 Å². The molecule has 2 aromatic carbocycles. The zero-order valence-corrected chi connectivity index (χ0v) is 14.7. The molecule has 2 heterocycles. The summed E-state index contributed by atoms with van der Waals surface area (Å²) in [5.41, 5.74) is 2.70. The quantitative estimate of drug-likeness (QED) is 0.506. The van der Waals surface area contributed by atoms with Gasteiger partial charge in [0.25, 0.3) is 0 Å².